The highest BCUT2D eigenvalue weighted by molar-refractivity contribution is 7.12. The molecular formula is C20H18N2O6S. The zero-order valence-corrected chi connectivity index (χ0v) is 16.1. The molecule has 1 saturated heterocycles. The molecule has 2 atom stereocenters. The molecule has 0 unspecified atom stereocenters. The third-order valence-corrected chi connectivity index (χ3v) is 6.01. The molecule has 0 radical (unpaired) electrons. The summed E-state index contributed by atoms with van der Waals surface area (Å²) in [6, 6.07) is 8.20. The fourth-order valence-corrected chi connectivity index (χ4v) is 4.51. The van der Waals surface area contributed by atoms with Gasteiger partial charge in [-0.1, -0.05) is 18.2 Å². The van der Waals surface area contributed by atoms with Gasteiger partial charge >= 0.3 is 0 Å². The zero-order valence-electron chi connectivity index (χ0n) is 15.3. The predicted molar refractivity (Wildman–Crippen MR) is 105 cm³/mol. The van der Waals surface area contributed by atoms with Crippen molar-refractivity contribution >= 4 is 28.7 Å². The maximum absolute atomic E-state index is 13.1. The minimum Gasteiger partial charge on any atom is -0.503 e. The van der Waals surface area contributed by atoms with Crippen LogP contribution in [0.3, 0.4) is 0 Å². The Kier molecular flexibility index (Phi) is 5.16. The van der Waals surface area contributed by atoms with E-state index in [1.807, 2.05) is 0 Å². The van der Waals surface area contributed by atoms with Gasteiger partial charge in [0.15, 0.2) is 5.76 Å². The van der Waals surface area contributed by atoms with Crippen LogP contribution in [0, 0.1) is 10.1 Å². The maximum atomic E-state index is 13.1. The lowest BCUT2D eigenvalue weighted by Gasteiger charge is -2.28. The summed E-state index contributed by atoms with van der Waals surface area (Å²) in [6.45, 7) is 0.712. The summed E-state index contributed by atoms with van der Waals surface area (Å²) in [5.74, 6) is -1.89. The number of aliphatic hydroxyl groups is 1. The second-order valence-electron chi connectivity index (χ2n) is 6.88. The van der Waals surface area contributed by atoms with Crippen LogP contribution in [0.2, 0.25) is 0 Å². The SMILES string of the molecule is O=C(C1=C(O)C(=O)N(C[C@@H]2CCCO2)[C@H]1c1ccccc1[N+](=O)[O-])c1cccs1. The number of ether oxygens (including phenoxy) is 1. The first-order chi connectivity index (χ1) is 14.0. The molecule has 2 aromatic rings. The third kappa shape index (κ3) is 3.43. The van der Waals surface area contributed by atoms with Gasteiger partial charge in [0.1, 0.15) is 0 Å². The summed E-state index contributed by atoms with van der Waals surface area (Å²) in [6.07, 6.45) is 1.35. The fraction of sp³-hybridized carbons (Fsp3) is 0.300. The Morgan fingerprint density at radius 1 is 1.31 bits per heavy atom. The van der Waals surface area contributed by atoms with Gasteiger partial charge in [0, 0.05) is 19.2 Å². The molecule has 9 heteroatoms. The maximum Gasteiger partial charge on any atom is 0.290 e. The van der Waals surface area contributed by atoms with E-state index >= 15 is 0 Å². The Balaban J connectivity index is 1.83. The summed E-state index contributed by atoms with van der Waals surface area (Å²) in [5.41, 5.74) is -0.161. The van der Waals surface area contributed by atoms with E-state index < -0.39 is 28.4 Å². The topological polar surface area (TPSA) is 110 Å². The number of benzene rings is 1. The number of rotatable bonds is 6. The van der Waals surface area contributed by atoms with Gasteiger partial charge in [-0.15, -0.1) is 11.3 Å². The number of thiophene rings is 1. The number of Topliss-reactive ketones (excluding diaryl/α,β-unsaturated/α-hetero) is 1. The number of nitro groups is 1. The molecule has 1 N–H and O–H groups in total. The molecule has 2 aliphatic heterocycles. The Bertz CT molecular complexity index is 994. The van der Waals surface area contributed by atoms with Gasteiger partial charge in [0.25, 0.3) is 11.6 Å². The lowest BCUT2D eigenvalue weighted by molar-refractivity contribution is -0.385. The van der Waals surface area contributed by atoms with Gasteiger partial charge in [-0.05, 0) is 30.4 Å². The number of para-hydroxylation sites is 1. The van der Waals surface area contributed by atoms with Crippen molar-refractivity contribution in [1.82, 2.24) is 4.90 Å². The van der Waals surface area contributed by atoms with Gasteiger partial charge in [-0.3, -0.25) is 19.7 Å². The fourth-order valence-electron chi connectivity index (χ4n) is 3.83. The van der Waals surface area contributed by atoms with E-state index in [1.165, 1.54) is 34.4 Å². The molecule has 150 valence electrons. The Morgan fingerprint density at radius 2 is 2.10 bits per heavy atom. The minimum absolute atomic E-state index is 0.134. The largest absolute Gasteiger partial charge is 0.503 e. The van der Waals surface area contributed by atoms with Crippen LogP contribution in [0.4, 0.5) is 5.69 Å². The number of carbonyl (C=O) groups is 2. The number of nitrogens with zero attached hydrogens (tertiary/aromatic N) is 2. The molecule has 1 aromatic carbocycles. The molecule has 2 aliphatic rings. The number of ketones is 1. The van der Waals surface area contributed by atoms with Gasteiger partial charge in [-0.2, -0.15) is 0 Å². The molecule has 8 nitrogen and oxygen atoms in total. The van der Waals surface area contributed by atoms with Crippen LogP contribution in [0.5, 0.6) is 0 Å². The van der Waals surface area contributed by atoms with E-state index in [1.54, 1.807) is 23.6 Å². The normalized spacial score (nSPS) is 21.8. The molecule has 0 aliphatic carbocycles. The van der Waals surface area contributed by atoms with Crippen molar-refractivity contribution in [3.63, 3.8) is 0 Å². The number of carbonyl (C=O) groups excluding carboxylic acids is 2. The molecule has 4 rings (SSSR count). The third-order valence-electron chi connectivity index (χ3n) is 5.15. The van der Waals surface area contributed by atoms with Crippen molar-refractivity contribution in [1.29, 1.82) is 0 Å². The average Bonchev–Trinajstić information content (AvgIpc) is 3.46. The Morgan fingerprint density at radius 3 is 2.76 bits per heavy atom. The van der Waals surface area contributed by atoms with Crippen molar-refractivity contribution in [3.8, 4) is 0 Å². The Labute approximate surface area is 170 Å². The number of aliphatic hydroxyl groups excluding tert-OH is 1. The molecule has 1 fully saturated rings. The van der Waals surface area contributed by atoms with Crippen molar-refractivity contribution in [2.75, 3.05) is 13.2 Å². The molecule has 0 spiro atoms. The average molecular weight is 414 g/mol. The molecule has 0 bridgehead atoms. The van der Waals surface area contributed by atoms with Crippen molar-refractivity contribution in [2.45, 2.75) is 25.0 Å². The van der Waals surface area contributed by atoms with Crippen molar-refractivity contribution < 1.29 is 24.4 Å². The zero-order chi connectivity index (χ0) is 20.5. The summed E-state index contributed by atoms with van der Waals surface area (Å²) < 4.78 is 5.62. The molecular weight excluding hydrogens is 396 g/mol. The van der Waals surface area contributed by atoms with Crippen LogP contribution in [-0.2, 0) is 9.53 Å². The van der Waals surface area contributed by atoms with Crippen molar-refractivity contribution in [3.05, 3.63) is 73.7 Å². The first kappa shape index (κ1) is 19.3. The van der Waals surface area contributed by atoms with E-state index in [0.717, 1.165) is 12.8 Å². The van der Waals surface area contributed by atoms with E-state index in [2.05, 4.69) is 0 Å². The minimum atomic E-state index is -1.05. The van der Waals surface area contributed by atoms with Crippen molar-refractivity contribution in [2.24, 2.45) is 0 Å². The van der Waals surface area contributed by atoms with Gasteiger partial charge in [0.2, 0.25) is 5.78 Å². The highest BCUT2D eigenvalue weighted by atomic mass is 32.1. The number of nitro benzene ring substituents is 1. The van der Waals surface area contributed by atoms with Gasteiger partial charge in [-0.25, -0.2) is 0 Å². The molecule has 29 heavy (non-hydrogen) atoms. The summed E-state index contributed by atoms with van der Waals surface area (Å²) >= 11 is 1.18. The predicted octanol–water partition coefficient (Wildman–Crippen LogP) is 3.41. The summed E-state index contributed by atoms with van der Waals surface area (Å²) in [4.78, 5) is 38.7. The smallest absolute Gasteiger partial charge is 0.290 e. The first-order valence-electron chi connectivity index (χ1n) is 9.16. The second-order valence-corrected chi connectivity index (χ2v) is 7.83. The van der Waals surface area contributed by atoms with Crippen LogP contribution in [0.1, 0.15) is 34.1 Å². The summed E-state index contributed by atoms with van der Waals surface area (Å²) in [5, 5.41) is 23.9. The Hall–Kier alpha value is -3.04. The van der Waals surface area contributed by atoms with Gasteiger partial charge in [0.05, 0.1) is 33.1 Å². The van der Waals surface area contributed by atoms with Crippen LogP contribution >= 0.6 is 11.3 Å². The lowest BCUT2D eigenvalue weighted by atomic mass is 9.94. The number of hydrogen-bond acceptors (Lipinski definition) is 7. The van der Waals surface area contributed by atoms with E-state index in [-0.39, 0.29) is 29.5 Å². The highest BCUT2D eigenvalue weighted by Gasteiger charge is 2.47. The van der Waals surface area contributed by atoms with Crippen LogP contribution in [0.15, 0.2) is 53.1 Å². The van der Waals surface area contributed by atoms with Crippen LogP contribution < -0.4 is 0 Å². The van der Waals surface area contributed by atoms with E-state index in [9.17, 15) is 24.8 Å². The quantitative estimate of drug-likeness (QED) is 0.441. The second kappa shape index (κ2) is 7.76. The highest BCUT2D eigenvalue weighted by Crippen LogP contribution is 2.43. The standard InChI is InChI=1S/C20H18N2O6S/c23-18(15-8-4-10-29-15)16-17(13-6-1-2-7-14(13)22(26)27)21(20(25)19(16)24)11-12-5-3-9-28-12/h1-2,4,6-8,10,12,17,24H,3,5,9,11H2/t12-,17-/m0/s1. The monoisotopic (exact) mass is 414 g/mol. The number of hydrogen-bond donors (Lipinski definition) is 1. The molecule has 1 amide bonds. The lowest BCUT2D eigenvalue weighted by Crippen LogP contribution is -2.37. The summed E-state index contributed by atoms with van der Waals surface area (Å²) in [7, 11) is 0. The van der Waals surface area contributed by atoms with Crippen LogP contribution in [-0.4, -0.2) is 45.9 Å². The van der Waals surface area contributed by atoms with E-state index in [4.69, 9.17) is 4.74 Å². The van der Waals surface area contributed by atoms with Crippen LogP contribution in [0.25, 0.3) is 0 Å². The van der Waals surface area contributed by atoms with Gasteiger partial charge < -0.3 is 14.7 Å². The van der Waals surface area contributed by atoms with E-state index in [0.29, 0.717) is 11.5 Å². The molecule has 1 aromatic heterocycles. The molecule has 3 heterocycles. The molecule has 0 saturated carbocycles. The first-order valence-corrected chi connectivity index (χ1v) is 10.0. The number of amides is 1.